The first kappa shape index (κ1) is 12.8. The van der Waals surface area contributed by atoms with Crippen LogP contribution in [0.3, 0.4) is 0 Å². The highest BCUT2D eigenvalue weighted by atomic mass is 16.1. The summed E-state index contributed by atoms with van der Waals surface area (Å²) in [6.45, 7) is 2.24. The van der Waals surface area contributed by atoms with E-state index < -0.39 is 0 Å². The van der Waals surface area contributed by atoms with E-state index in [1.807, 2.05) is 18.2 Å². The number of aryl methyl sites for hydroxylation is 1. The maximum Gasteiger partial charge on any atom is 0.150 e. The summed E-state index contributed by atoms with van der Waals surface area (Å²) >= 11 is 0. The summed E-state index contributed by atoms with van der Waals surface area (Å²) in [5.41, 5.74) is 2.15. The molecule has 2 aromatic carbocycles. The number of benzene rings is 2. The van der Waals surface area contributed by atoms with Gasteiger partial charge in [0.05, 0.1) is 0 Å². The van der Waals surface area contributed by atoms with E-state index in [0.29, 0.717) is 0 Å². The molecule has 0 N–H and O–H groups in total. The molecule has 0 saturated carbocycles. The fourth-order valence-corrected chi connectivity index (χ4v) is 2.30. The van der Waals surface area contributed by atoms with Crippen LogP contribution >= 0.6 is 0 Å². The van der Waals surface area contributed by atoms with Crippen LogP contribution in [0.25, 0.3) is 10.8 Å². The highest BCUT2D eigenvalue weighted by Gasteiger charge is 1.98. The summed E-state index contributed by atoms with van der Waals surface area (Å²) in [5.74, 6) is 0. The lowest BCUT2D eigenvalue weighted by Gasteiger charge is -2.04. The van der Waals surface area contributed by atoms with Gasteiger partial charge in [0.2, 0.25) is 0 Å². The second-order valence-electron chi connectivity index (χ2n) is 4.87. The van der Waals surface area contributed by atoms with Crippen molar-refractivity contribution in [2.24, 2.45) is 0 Å². The average molecular weight is 240 g/mol. The largest absolute Gasteiger partial charge is 0.298 e. The first-order valence-corrected chi connectivity index (χ1v) is 6.81. The van der Waals surface area contributed by atoms with E-state index in [2.05, 4.69) is 25.1 Å². The molecule has 0 bridgehead atoms. The second-order valence-corrected chi connectivity index (χ2v) is 4.87. The Balaban J connectivity index is 2.10. The quantitative estimate of drug-likeness (QED) is 0.525. The Morgan fingerprint density at radius 1 is 0.944 bits per heavy atom. The molecule has 1 nitrogen and oxygen atoms in total. The third-order valence-electron chi connectivity index (χ3n) is 3.38. The van der Waals surface area contributed by atoms with Crippen LogP contribution in [0.5, 0.6) is 0 Å². The Morgan fingerprint density at radius 3 is 2.50 bits per heavy atom. The van der Waals surface area contributed by atoms with E-state index in [9.17, 15) is 4.79 Å². The third kappa shape index (κ3) is 3.19. The fourth-order valence-electron chi connectivity index (χ4n) is 2.30. The standard InChI is InChI=1S/C17H20O/c1-2-3-4-5-6-14-7-9-17-12-15(13-18)8-10-16(17)11-14/h7-13H,2-6H2,1H3. The van der Waals surface area contributed by atoms with Crippen molar-refractivity contribution < 1.29 is 4.79 Å². The first-order valence-electron chi connectivity index (χ1n) is 6.81. The number of hydrogen-bond acceptors (Lipinski definition) is 1. The molecule has 0 saturated heterocycles. The van der Waals surface area contributed by atoms with E-state index in [0.717, 1.165) is 23.7 Å². The maximum absolute atomic E-state index is 10.7. The van der Waals surface area contributed by atoms with Crippen LogP contribution in [0.15, 0.2) is 36.4 Å². The molecule has 0 spiro atoms. The minimum atomic E-state index is 0.748. The summed E-state index contributed by atoms with van der Waals surface area (Å²) in [4.78, 5) is 10.7. The minimum Gasteiger partial charge on any atom is -0.298 e. The predicted molar refractivity (Wildman–Crippen MR) is 77.2 cm³/mol. The SMILES string of the molecule is CCCCCCc1ccc2cc(C=O)ccc2c1. The molecule has 0 atom stereocenters. The number of aldehydes is 1. The summed E-state index contributed by atoms with van der Waals surface area (Å²) < 4.78 is 0. The molecule has 0 radical (unpaired) electrons. The Labute approximate surface area is 109 Å². The van der Waals surface area contributed by atoms with Gasteiger partial charge in [-0.25, -0.2) is 0 Å². The first-order chi connectivity index (χ1) is 8.83. The van der Waals surface area contributed by atoms with Gasteiger partial charge in [-0.1, -0.05) is 56.5 Å². The molecule has 0 aromatic heterocycles. The molecule has 0 heterocycles. The Kier molecular flexibility index (Phi) is 4.52. The van der Waals surface area contributed by atoms with E-state index in [1.54, 1.807) is 0 Å². The van der Waals surface area contributed by atoms with Crippen molar-refractivity contribution in [1.29, 1.82) is 0 Å². The van der Waals surface area contributed by atoms with Gasteiger partial charge in [0.25, 0.3) is 0 Å². The second kappa shape index (κ2) is 6.34. The molecule has 18 heavy (non-hydrogen) atoms. The van der Waals surface area contributed by atoms with E-state index in [1.165, 1.54) is 36.6 Å². The van der Waals surface area contributed by atoms with E-state index in [-0.39, 0.29) is 0 Å². The average Bonchev–Trinajstić information content (AvgIpc) is 2.43. The monoisotopic (exact) mass is 240 g/mol. The molecule has 2 aromatic rings. The normalized spacial score (nSPS) is 10.7. The van der Waals surface area contributed by atoms with Gasteiger partial charge in [-0.15, -0.1) is 0 Å². The van der Waals surface area contributed by atoms with Gasteiger partial charge in [-0.05, 0) is 35.2 Å². The van der Waals surface area contributed by atoms with Crippen molar-refractivity contribution in [3.8, 4) is 0 Å². The molecule has 0 aliphatic carbocycles. The summed E-state index contributed by atoms with van der Waals surface area (Å²) in [6, 6.07) is 12.4. The number of carbonyl (C=O) groups excluding carboxylic acids is 1. The summed E-state index contributed by atoms with van der Waals surface area (Å²) in [5, 5.41) is 2.38. The van der Waals surface area contributed by atoms with Crippen molar-refractivity contribution in [2.45, 2.75) is 39.0 Å². The zero-order valence-electron chi connectivity index (χ0n) is 11.0. The smallest absolute Gasteiger partial charge is 0.150 e. The van der Waals surface area contributed by atoms with Crippen molar-refractivity contribution in [1.82, 2.24) is 0 Å². The molecular weight excluding hydrogens is 220 g/mol. The molecule has 2 rings (SSSR count). The predicted octanol–water partition coefficient (Wildman–Crippen LogP) is 4.78. The van der Waals surface area contributed by atoms with Gasteiger partial charge >= 0.3 is 0 Å². The molecule has 0 aliphatic rings. The van der Waals surface area contributed by atoms with Gasteiger partial charge in [0.15, 0.2) is 0 Å². The molecule has 0 fully saturated rings. The molecule has 94 valence electrons. The van der Waals surface area contributed by atoms with Crippen LogP contribution in [-0.4, -0.2) is 6.29 Å². The Bertz CT molecular complexity index is 528. The Hall–Kier alpha value is -1.63. The van der Waals surface area contributed by atoms with Gasteiger partial charge < -0.3 is 0 Å². The number of unbranched alkanes of at least 4 members (excludes halogenated alkanes) is 3. The maximum atomic E-state index is 10.7. The zero-order chi connectivity index (χ0) is 12.8. The lowest BCUT2D eigenvalue weighted by Crippen LogP contribution is -1.87. The van der Waals surface area contributed by atoms with Crippen LogP contribution in [0.2, 0.25) is 0 Å². The van der Waals surface area contributed by atoms with Gasteiger partial charge in [-0.2, -0.15) is 0 Å². The fraction of sp³-hybridized carbons (Fsp3) is 0.353. The molecule has 0 amide bonds. The van der Waals surface area contributed by atoms with Gasteiger partial charge in [0.1, 0.15) is 6.29 Å². The van der Waals surface area contributed by atoms with Gasteiger partial charge in [0, 0.05) is 5.56 Å². The van der Waals surface area contributed by atoms with Crippen molar-refractivity contribution in [2.75, 3.05) is 0 Å². The van der Waals surface area contributed by atoms with E-state index in [4.69, 9.17) is 0 Å². The molecule has 0 unspecified atom stereocenters. The van der Waals surface area contributed by atoms with Crippen molar-refractivity contribution in [3.05, 3.63) is 47.5 Å². The molecular formula is C17H20O. The van der Waals surface area contributed by atoms with E-state index >= 15 is 0 Å². The van der Waals surface area contributed by atoms with Crippen molar-refractivity contribution in [3.63, 3.8) is 0 Å². The third-order valence-corrected chi connectivity index (χ3v) is 3.38. The lowest BCUT2D eigenvalue weighted by atomic mass is 10.0. The van der Waals surface area contributed by atoms with Crippen LogP contribution < -0.4 is 0 Å². The number of carbonyl (C=O) groups is 1. The molecule has 1 heteroatoms. The van der Waals surface area contributed by atoms with Crippen LogP contribution in [0.4, 0.5) is 0 Å². The summed E-state index contributed by atoms with van der Waals surface area (Å²) in [6.07, 6.45) is 7.26. The highest BCUT2D eigenvalue weighted by Crippen LogP contribution is 2.19. The number of fused-ring (bicyclic) bond motifs is 1. The van der Waals surface area contributed by atoms with Crippen LogP contribution in [0, 0.1) is 0 Å². The molecule has 0 aliphatic heterocycles. The topological polar surface area (TPSA) is 17.1 Å². The van der Waals surface area contributed by atoms with Crippen LogP contribution in [-0.2, 0) is 6.42 Å². The highest BCUT2D eigenvalue weighted by molar-refractivity contribution is 5.89. The number of rotatable bonds is 6. The van der Waals surface area contributed by atoms with Crippen molar-refractivity contribution >= 4 is 17.1 Å². The number of hydrogen-bond donors (Lipinski definition) is 0. The zero-order valence-corrected chi connectivity index (χ0v) is 11.0. The van der Waals surface area contributed by atoms with Crippen LogP contribution in [0.1, 0.15) is 48.5 Å². The van der Waals surface area contributed by atoms with Gasteiger partial charge in [-0.3, -0.25) is 4.79 Å². The minimum absolute atomic E-state index is 0.748. The summed E-state index contributed by atoms with van der Waals surface area (Å²) in [7, 11) is 0. The Morgan fingerprint density at radius 2 is 1.72 bits per heavy atom. The lowest BCUT2D eigenvalue weighted by molar-refractivity contribution is 0.112.